The number of likely N-dealkylation sites (tertiary alicyclic amines) is 1. The monoisotopic (exact) mass is 289 g/mol. The molecule has 0 aromatic heterocycles. The Kier molecular flexibility index (Phi) is 4.88. The summed E-state index contributed by atoms with van der Waals surface area (Å²) in [5.41, 5.74) is 0.416. The Morgan fingerprint density at radius 2 is 1.90 bits per heavy atom. The third-order valence-corrected chi connectivity index (χ3v) is 3.52. The molecule has 1 fully saturated rings. The number of carbonyl (C=O) groups is 2. The number of amides is 2. The van der Waals surface area contributed by atoms with Crippen LogP contribution in [0.15, 0.2) is 24.3 Å². The van der Waals surface area contributed by atoms with Gasteiger partial charge >= 0.3 is 0 Å². The summed E-state index contributed by atoms with van der Waals surface area (Å²) in [5.74, 6) is -0.784. The highest BCUT2D eigenvalue weighted by atomic mass is 19.1. The number of nitrogens with one attached hydrogen (secondary N) is 1. The zero-order chi connectivity index (χ0) is 15.2. The summed E-state index contributed by atoms with van der Waals surface area (Å²) < 4.78 is 12.8. The molecule has 0 aliphatic carbocycles. The molecule has 1 saturated heterocycles. The number of nitriles is 1. The fourth-order valence-electron chi connectivity index (χ4n) is 2.32. The zero-order valence-corrected chi connectivity index (χ0v) is 11.5. The lowest BCUT2D eigenvalue weighted by Crippen LogP contribution is -2.46. The van der Waals surface area contributed by atoms with Gasteiger partial charge in [0.05, 0.1) is 6.07 Å². The Labute approximate surface area is 122 Å². The SMILES string of the molecule is N#CCC(=O)N1CCC(NC(=O)c2ccc(F)cc2)CC1. The maximum absolute atomic E-state index is 12.8. The molecule has 110 valence electrons. The third kappa shape index (κ3) is 4.02. The number of piperidine rings is 1. The van der Waals surface area contributed by atoms with E-state index >= 15 is 0 Å². The predicted octanol–water partition coefficient (Wildman–Crippen LogP) is 1.46. The molecule has 0 spiro atoms. The van der Waals surface area contributed by atoms with Crippen molar-refractivity contribution in [2.24, 2.45) is 0 Å². The first-order valence-electron chi connectivity index (χ1n) is 6.81. The van der Waals surface area contributed by atoms with E-state index in [4.69, 9.17) is 5.26 Å². The van der Waals surface area contributed by atoms with Crippen molar-refractivity contribution in [3.05, 3.63) is 35.6 Å². The Morgan fingerprint density at radius 3 is 2.48 bits per heavy atom. The topological polar surface area (TPSA) is 73.2 Å². The maximum atomic E-state index is 12.8. The van der Waals surface area contributed by atoms with Crippen LogP contribution in [-0.4, -0.2) is 35.8 Å². The van der Waals surface area contributed by atoms with Gasteiger partial charge in [-0.15, -0.1) is 0 Å². The van der Waals surface area contributed by atoms with E-state index in [0.717, 1.165) is 0 Å². The van der Waals surface area contributed by atoms with Gasteiger partial charge in [-0.2, -0.15) is 5.26 Å². The summed E-state index contributed by atoms with van der Waals surface area (Å²) in [5, 5.41) is 11.4. The predicted molar refractivity (Wildman–Crippen MR) is 73.7 cm³/mol. The van der Waals surface area contributed by atoms with Gasteiger partial charge in [0.1, 0.15) is 12.2 Å². The molecule has 6 heteroatoms. The molecule has 1 aromatic carbocycles. The molecule has 21 heavy (non-hydrogen) atoms. The van der Waals surface area contributed by atoms with Gasteiger partial charge in [-0.1, -0.05) is 0 Å². The van der Waals surface area contributed by atoms with Crippen LogP contribution in [0, 0.1) is 17.1 Å². The van der Waals surface area contributed by atoms with Crippen LogP contribution in [0.3, 0.4) is 0 Å². The minimum absolute atomic E-state index is 0.00584. The van der Waals surface area contributed by atoms with Crippen molar-refractivity contribution in [2.45, 2.75) is 25.3 Å². The highest BCUT2D eigenvalue weighted by molar-refractivity contribution is 5.94. The average Bonchev–Trinajstić information content (AvgIpc) is 2.49. The van der Waals surface area contributed by atoms with Crippen LogP contribution in [0.25, 0.3) is 0 Å². The second-order valence-corrected chi connectivity index (χ2v) is 4.97. The summed E-state index contributed by atoms with van der Waals surface area (Å²) in [6.45, 7) is 1.07. The maximum Gasteiger partial charge on any atom is 0.251 e. The van der Waals surface area contributed by atoms with E-state index in [1.54, 1.807) is 4.90 Å². The van der Waals surface area contributed by atoms with Crippen LogP contribution < -0.4 is 5.32 Å². The minimum atomic E-state index is -0.379. The largest absolute Gasteiger partial charge is 0.349 e. The highest BCUT2D eigenvalue weighted by Crippen LogP contribution is 2.12. The van der Waals surface area contributed by atoms with Crippen molar-refractivity contribution in [2.75, 3.05) is 13.1 Å². The van der Waals surface area contributed by atoms with Gasteiger partial charge in [-0.25, -0.2) is 4.39 Å². The van der Waals surface area contributed by atoms with Gasteiger partial charge in [0.25, 0.3) is 5.91 Å². The fraction of sp³-hybridized carbons (Fsp3) is 0.400. The highest BCUT2D eigenvalue weighted by Gasteiger charge is 2.23. The van der Waals surface area contributed by atoms with Crippen molar-refractivity contribution >= 4 is 11.8 Å². The van der Waals surface area contributed by atoms with Crippen LogP contribution in [0.4, 0.5) is 4.39 Å². The van der Waals surface area contributed by atoms with Gasteiger partial charge in [0.15, 0.2) is 0 Å². The van der Waals surface area contributed by atoms with Gasteiger partial charge < -0.3 is 10.2 Å². The van der Waals surface area contributed by atoms with Crippen LogP contribution >= 0.6 is 0 Å². The lowest BCUT2D eigenvalue weighted by atomic mass is 10.0. The van der Waals surface area contributed by atoms with Crippen molar-refractivity contribution in [3.8, 4) is 6.07 Å². The molecule has 0 atom stereocenters. The number of hydrogen-bond donors (Lipinski definition) is 1. The molecule has 1 heterocycles. The molecule has 0 radical (unpaired) electrons. The summed E-state index contributed by atoms with van der Waals surface area (Å²) in [4.78, 5) is 25.2. The van der Waals surface area contributed by atoms with Gasteiger partial charge in [0.2, 0.25) is 5.91 Å². The molecule has 2 amide bonds. The summed E-state index contributed by atoms with van der Waals surface area (Å²) in [7, 11) is 0. The normalized spacial score (nSPS) is 15.3. The van der Waals surface area contributed by atoms with E-state index in [1.165, 1.54) is 24.3 Å². The van der Waals surface area contributed by atoms with Gasteiger partial charge in [-0.3, -0.25) is 9.59 Å². The molecular weight excluding hydrogens is 273 g/mol. The van der Waals surface area contributed by atoms with E-state index in [2.05, 4.69) is 5.32 Å². The van der Waals surface area contributed by atoms with Crippen molar-refractivity contribution in [1.29, 1.82) is 5.26 Å². The van der Waals surface area contributed by atoms with E-state index in [0.29, 0.717) is 31.5 Å². The molecular formula is C15H16FN3O2. The summed E-state index contributed by atoms with van der Waals surface area (Å²) in [6, 6.07) is 7.21. The fourth-order valence-corrected chi connectivity index (χ4v) is 2.32. The lowest BCUT2D eigenvalue weighted by molar-refractivity contribution is -0.131. The van der Waals surface area contributed by atoms with E-state index in [-0.39, 0.29) is 30.1 Å². The first-order valence-corrected chi connectivity index (χ1v) is 6.81. The first kappa shape index (κ1) is 15.0. The Hall–Kier alpha value is -2.42. The first-order chi connectivity index (χ1) is 10.1. The molecule has 0 bridgehead atoms. The van der Waals surface area contributed by atoms with Crippen LogP contribution in [-0.2, 0) is 4.79 Å². The van der Waals surface area contributed by atoms with Crippen LogP contribution in [0.1, 0.15) is 29.6 Å². The number of hydrogen-bond acceptors (Lipinski definition) is 3. The molecule has 2 rings (SSSR count). The second kappa shape index (κ2) is 6.84. The molecule has 1 aromatic rings. The van der Waals surface area contributed by atoms with E-state index < -0.39 is 0 Å². The quantitative estimate of drug-likeness (QED) is 0.915. The second-order valence-electron chi connectivity index (χ2n) is 4.97. The zero-order valence-electron chi connectivity index (χ0n) is 11.5. The molecule has 0 unspecified atom stereocenters. The number of halogens is 1. The number of rotatable bonds is 3. The molecule has 1 aliphatic rings. The van der Waals surface area contributed by atoms with E-state index in [9.17, 15) is 14.0 Å². The Balaban J connectivity index is 1.83. The van der Waals surface area contributed by atoms with Gasteiger partial charge in [-0.05, 0) is 37.1 Å². The molecule has 0 saturated carbocycles. The van der Waals surface area contributed by atoms with Crippen LogP contribution in [0.2, 0.25) is 0 Å². The number of carbonyl (C=O) groups excluding carboxylic acids is 2. The Bertz CT molecular complexity index is 557. The molecule has 1 aliphatic heterocycles. The van der Waals surface area contributed by atoms with Gasteiger partial charge in [0, 0.05) is 24.7 Å². The average molecular weight is 289 g/mol. The van der Waals surface area contributed by atoms with E-state index in [1.807, 2.05) is 6.07 Å². The molecule has 1 N–H and O–H groups in total. The Morgan fingerprint density at radius 1 is 1.29 bits per heavy atom. The summed E-state index contributed by atoms with van der Waals surface area (Å²) in [6.07, 6.45) is 1.21. The number of benzene rings is 1. The number of nitrogens with zero attached hydrogens (tertiary/aromatic N) is 2. The lowest BCUT2D eigenvalue weighted by Gasteiger charge is -2.32. The van der Waals surface area contributed by atoms with Crippen molar-refractivity contribution in [1.82, 2.24) is 10.2 Å². The smallest absolute Gasteiger partial charge is 0.251 e. The third-order valence-electron chi connectivity index (χ3n) is 3.52. The van der Waals surface area contributed by atoms with Crippen LogP contribution in [0.5, 0.6) is 0 Å². The van der Waals surface area contributed by atoms with Crippen molar-refractivity contribution in [3.63, 3.8) is 0 Å². The van der Waals surface area contributed by atoms with Crippen molar-refractivity contribution < 1.29 is 14.0 Å². The summed E-state index contributed by atoms with van der Waals surface area (Å²) >= 11 is 0. The molecule has 5 nitrogen and oxygen atoms in total. The minimum Gasteiger partial charge on any atom is -0.349 e. The standard InChI is InChI=1S/C15H16FN3O2/c16-12-3-1-11(2-4-12)15(21)18-13-6-9-19(10-7-13)14(20)5-8-17/h1-4,13H,5-7,9-10H2,(H,18,21).